The van der Waals surface area contributed by atoms with Crippen LogP contribution in [0, 0.1) is 5.92 Å². The first-order valence-corrected chi connectivity index (χ1v) is 7.44. The van der Waals surface area contributed by atoms with Gasteiger partial charge in [0.1, 0.15) is 6.04 Å². The Bertz CT molecular complexity index is 266. The lowest BCUT2D eigenvalue weighted by atomic mass is 9.94. The van der Waals surface area contributed by atoms with E-state index in [2.05, 4.69) is 23.9 Å². The van der Waals surface area contributed by atoms with Crippen LogP contribution in [0.15, 0.2) is 0 Å². The van der Waals surface area contributed by atoms with Crippen molar-refractivity contribution in [3.63, 3.8) is 0 Å². The van der Waals surface area contributed by atoms with Crippen molar-refractivity contribution in [2.45, 2.75) is 71.8 Å². The summed E-state index contributed by atoms with van der Waals surface area (Å²) in [4.78, 5) is 23.5. The Morgan fingerprint density at radius 2 is 1.63 bits per heavy atom. The van der Waals surface area contributed by atoms with Gasteiger partial charge >= 0.3 is 5.97 Å². The molecule has 0 aromatic carbocycles. The highest BCUT2D eigenvalue weighted by Crippen LogP contribution is 2.17. The number of unbranched alkanes of at least 4 members (excludes halogenated alkanes) is 3. The maximum Gasteiger partial charge on any atom is 0.328 e. The molecule has 0 aromatic rings. The maximum absolute atomic E-state index is 12.2. The van der Waals surface area contributed by atoms with Crippen LogP contribution in [0.4, 0.5) is 0 Å². The van der Waals surface area contributed by atoms with E-state index in [1.807, 2.05) is 0 Å². The van der Waals surface area contributed by atoms with Gasteiger partial charge in [0.15, 0.2) is 0 Å². The number of ether oxygens (including phenoxy) is 1. The molecule has 0 unspecified atom stereocenters. The van der Waals surface area contributed by atoms with Crippen molar-refractivity contribution in [2.75, 3.05) is 7.11 Å². The molecule has 0 aliphatic rings. The van der Waals surface area contributed by atoms with Gasteiger partial charge in [-0.15, -0.1) is 0 Å². The van der Waals surface area contributed by atoms with Crippen molar-refractivity contribution in [3.05, 3.63) is 0 Å². The topological polar surface area (TPSA) is 55.4 Å². The van der Waals surface area contributed by atoms with E-state index in [0.29, 0.717) is 0 Å². The van der Waals surface area contributed by atoms with Gasteiger partial charge in [-0.2, -0.15) is 0 Å². The van der Waals surface area contributed by atoms with Gasteiger partial charge in [-0.05, 0) is 19.8 Å². The summed E-state index contributed by atoms with van der Waals surface area (Å²) in [5.41, 5.74) is 0. The first-order valence-electron chi connectivity index (χ1n) is 7.44. The second kappa shape index (κ2) is 10.8. The first kappa shape index (κ1) is 17.9. The van der Waals surface area contributed by atoms with Crippen LogP contribution in [0.5, 0.6) is 0 Å². The molecule has 0 saturated carbocycles. The fourth-order valence-corrected chi connectivity index (χ4v) is 2.06. The predicted molar refractivity (Wildman–Crippen MR) is 76.8 cm³/mol. The SMILES string of the molecule is CCCCC[C@H](CCCC)C(=O)N[C@@H](C)C(=O)OC. The Balaban J connectivity index is 4.30. The highest BCUT2D eigenvalue weighted by atomic mass is 16.5. The molecular weight excluding hydrogens is 242 g/mol. The summed E-state index contributed by atoms with van der Waals surface area (Å²) in [6, 6.07) is -0.562. The minimum Gasteiger partial charge on any atom is -0.467 e. The van der Waals surface area contributed by atoms with Gasteiger partial charge in [-0.3, -0.25) is 4.79 Å². The Labute approximate surface area is 117 Å². The van der Waals surface area contributed by atoms with E-state index >= 15 is 0 Å². The molecule has 0 aliphatic carbocycles. The molecule has 19 heavy (non-hydrogen) atoms. The molecule has 2 atom stereocenters. The van der Waals surface area contributed by atoms with Crippen molar-refractivity contribution in [1.29, 1.82) is 0 Å². The molecule has 0 bridgehead atoms. The van der Waals surface area contributed by atoms with Crippen molar-refractivity contribution < 1.29 is 14.3 Å². The molecule has 0 aromatic heterocycles. The molecule has 1 amide bonds. The van der Waals surface area contributed by atoms with Crippen LogP contribution in [-0.4, -0.2) is 25.0 Å². The average Bonchev–Trinajstić information content (AvgIpc) is 2.41. The van der Waals surface area contributed by atoms with E-state index in [-0.39, 0.29) is 11.8 Å². The zero-order chi connectivity index (χ0) is 14.7. The number of carbonyl (C=O) groups is 2. The summed E-state index contributed by atoms with van der Waals surface area (Å²) in [6.07, 6.45) is 7.34. The van der Waals surface area contributed by atoms with Crippen LogP contribution in [0.2, 0.25) is 0 Å². The van der Waals surface area contributed by atoms with Crippen molar-refractivity contribution >= 4 is 11.9 Å². The molecule has 0 heterocycles. The quantitative estimate of drug-likeness (QED) is 0.491. The molecule has 0 saturated heterocycles. The van der Waals surface area contributed by atoms with E-state index in [0.717, 1.165) is 44.9 Å². The van der Waals surface area contributed by atoms with Gasteiger partial charge in [0.05, 0.1) is 7.11 Å². The van der Waals surface area contributed by atoms with Crippen LogP contribution in [0.3, 0.4) is 0 Å². The summed E-state index contributed by atoms with van der Waals surface area (Å²) < 4.78 is 4.62. The van der Waals surface area contributed by atoms with E-state index < -0.39 is 12.0 Å². The van der Waals surface area contributed by atoms with Crippen LogP contribution in [0.25, 0.3) is 0 Å². The number of hydrogen-bond donors (Lipinski definition) is 1. The van der Waals surface area contributed by atoms with E-state index in [1.54, 1.807) is 6.92 Å². The Kier molecular flexibility index (Phi) is 10.2. The second-order valence-electron chi connectivity index (χ2n) is 5.09. The Hall–Kier alpha value is -1.06. The third-order valence-corrected chi connectivity index (χ3v) is 3.35. The van der Waals surface area contributed by atoms with Gasteiger partial charge in [-0.1, -0.05) is 46.0 Å². The third kappa shape index (κ3) is 7.85. The highest BCUT2D eigenvalue weighted by Gasteiger charge is 2.22. The molecule has 112 valence electrons. The maximum atomic E-state index is 12.2. The fourth-order valence-electron chi connectivity index (χ4n) is 2.06. The standard InChI is InChI=1S/C15H29NO3/c1-5-7-9-11-13(10-8-6-2)14(17)16-12(3)15(18)19-4/h12-13H,5-11H2,1-4H3,(H,16,17)/t12-,13-/m0/s1. The predicted octanol–water partition coefficient (Wildman–Crippen LogP) is 3.05. The average molecular weight is 271 g/mol. The lowest BCUT2D eigenvalue weighted by Crippen LogP contribution is -2.42. The molecule has 4 heteroatoms. The molecule has 0 spiro atoms. The minimum absolute atomic E-state index is 0.0116. The molecular formula is C15H29NO3. The van der Waals surface area contributed by atoms with Crippen molar-refractivity contribution in [1.82, 2.24) is 5.32 Å². The normalized spacial score (nSPS) is 13.7. The minimum atomic E-state index is -0.562. The lowest BCUT2D eigenvalue weighted by molar-refractivity contribution is -0.145. The smallest absolute Gasteiger partial charge is 0.328 e. The third-order valence-electron chi connectivity index (χ3n) is 3.35. The fraction of sp³-hybridized carbons (Fsp3) is 0.867. The van der Waals surface area contributed by atoms with Crippen molar-refractivity contribution in [3.8, 4) is 0 Å². The Morgan fingerprint density at radius 3 is 2.16 bits per heavy atom. The number of esters is 1. The largest absolute Gasteiger partial charge is 0.467 e. The van der Waals surface area contributed by atoms with Crippen LogP contribution >= 0.6 is 0 Å². The van der Waals surface area contributed by atoms with Crippen LogP contribution < -0.4 is 5.32 Å². The summed E-state index contributed by atoms with van der Waals surface area (Å²) in [5, 5.41) is 2.75. The van der Waals surface area contributed by atoms with E-state index in [4.69, 9.17) is 0 Å². The van der Waals surface area contributed by atoms with Crippen molar-refractivity contribution in [2.24, 2.45) is 5.92 Å². The summed E-state index contributed by atoms with van der Waals surface area (Å²) in [6.45, 7) is 5.94. The molecule has 0 fully saturated rings. The molecule has 0 radical (unpaired) electrons. The van der Waals surface area contributed by atoms with Gasteiger partial charge in [-0.25, -0.2) is 4.79 Å². The lowest BCUT2D eigenvalue weighted by Gasteiger charge is -2.19. The molecule has 0 aliphatic heterocycles. The van der Waals surface area contributed by atoms with E-state index in [1.165, 1.54) is 7.11 Å². The molecule has 0 rings (SSSR count). The van der Waals surface area contributed by atoms with Gasteiger partial charge in [0, 0.05) is 5.92 Å². The van der Waals surface area contributed by atoms with Crippen LogP contribution in [0.1, 0.15) is 65.7 Å². The number of rotatable bonds is 10. The second-order valence-corrected chi connectivity index (χ2v) is 5.09. The number of methoxy groups -OCH3 is 1. The Morgan fingerprint density at radius 1 is 1.05 bits per heavy atom. The first-order chi connectivity index (χ1) is 9.06. The van der Waals surface area contributed by atoms with Crippen LogP contribution in [-0.2, 0) is 14.3 Å². The van der Waals surface area contributed by atoms with Gasteiger partial charge in [0.25, 0.3) is 0 Å². The molecule has 1 N–H and O–H groups in total. The number of hydrogen-bond acceptors (Lipinski definition) is 3. The van der Waals surface area contributed by atoms with Gasteiger partial charge < -0.3 is 10.1 Å². The molecule has 4 nitrogen and oxygen atoms in total. The summed E-state index contributed by atoms with van der Waals surface area (Å²) >= 11 is 0. The van der Waals surface area contributed by atoms with E-state index in [9.17, 15) is 9.59 Å². The summed E-state index contributed by atoms with van der Waals surface area (Å²) in [7, 11) is 1.33. The monoisotopic (exact) mass is 271 g/mol. The number of nitrogens with one attached hydrogen (secondary N) is 1. The number of amides is 1. The zero-order valence-electron chi connectivity index (χ0n) is 12.8. The zero-order valence-corrected chi connectivity index (χ0v) is 12.8. The summed E-state index contributed by atoms with van der Waals surface area (Å²) in [5.74, 6) is -0.378. The number of carbonyl (C=O) groups excluding carboxylic acids is 2. The van der Waals surface area contributed by atoms with Gasteiger partial charge in [0.2, 0.25) is 5.91 Å². The highest BCUT2D eigenvalue weighted by molar-refractivity contribution is 5.85.